The van der Waals surface area contributed by atoms with Crippen molar-refractivity contribution in [2.45, 2.75) is 39.7 Å². The number of hydrogen-bond donors (Lipinski definition) is 0. The fourth-order valence-electron chi connectivity index (χ4n) is 2.70. The van der Waals surface area contributed by atoms with Crippen molar-refractivity contribution >= 4 is 33.2 Å². The van der Waals surface area contributed by atoms with Gasteiger partial charge in [-0.3, -0.25) is 9.36 Å². The standard InChI is InChI=1S/C19H21ClN2O2S/c1-3-16-12-17-18(25-16)21-13(2)22(19(17)23)10-4-5-11-24-15-8-6-14(20)7-9-15/h6-9,12H,3-5,10-11H2,1-2H3. The van der Waals surface area contributed by atoms with Crippen LogP contribution in [0.1, 0.15) is 30.5 Å². The van der Waals surface area contributed by atoms with Gasteiger partial charge in [-0.15, -0.1) is 11.3 Å². The van der Waals surface area contributed by atoms with Crippen molar-refractivity contribution in [3.63, 3.8) is 0 Å². The highest BCUT2D eigenvalue weighted by Gasteiger charge is 2.11. The Morgan fingerprint density at radius 2 is 2.00 bits per heavy atom. The van der Waals surface area contributed by atoms with Crippen LogP contribution in [0.3, 0.4) is 0 Å². The second kappa shape index (κ2) is 8.02. The lowest BCUT2D eigenvalue weighted by molar-refractivity contribution is 0.302. The minimum absolute atomic E-state index is 0.0667. The second-order valence-electron chi connectivity index (χ2n) is 5.91. The molecule has 0 bridgehead atoms. The number of halogens is 1. The minimum atomic E-state index is 0.0667. The van der Waals surface area contributed by atoms with Gasteiger partial charge >= 0.3 is 0 Å². The Bertz CT molecular complexity index is 916. The predicted molar refractivity (Wildman–Crippen MR) is 104 cm³/mol. The Balaban J connectivity index is 1.59. The van der Waals surface area contributed by atoms with Crippen LogP contribution in [0.15, 0.2) is 35.1 Å². The molecule has 0 fully saturated rings. The summed E-state index contributed by atoms with van der Waals surface area (Å²) in [6.07, 6.45) is 2.67. The molecular weight excluding hydrogens is 356 g/mol. The van der Waals surface area contributed by atoms with Gasteiger partial charge in [-0.05, 0) is 56.5 Å². The largest absolute Gasteiger partial charge is 0.494 e. The Hall–Kier alpha value is -1.85. The molecule has 4 nitrogen and oxygen atoms in total. The molecule has 0 N–H and O–H groups in total. The van der Waals surface area contributed by atoms with Gasteiger partial charge in [-0.2, -0.15) is 0 Å². The number of ether oxygens (including phenoxy) is 1. The first kappa shape index (κ1) is 18.0. The smallest absolute Gasteiger partial charge is 0.262 e. The zero-order chi connectivity index (χ0) is 17.8. The number of rotatable bonds is 7. The molecule has 0 aliphatic rings. The van der Waals surface area contributed by atoms with E-state index in [1.54, 1.807) is 15.9 Å². The molecule has 2 heterocycles. The van der Waals surface area contributed by atoms with Gasteiger partial charge in [0.1, 0.15) is 16.4 Å². The summed E-state index contributed by atoms with van der Waals surface area (Å²) in [6.45, 7) is 5.27. The molecule has 3 aromatic rings. The zero-order valence-corrected chi connectivity index (χ0v) is 16.0. The maximum absolute atomic E-state index is 12.7. The predicted octanol–water partition coefficient (Wildman–Crippen LogP) is 4.84. The van der Waals surface area contributed by atoms with Crippen LogP contribution in [-0.4, -0.2) is 16.2 Å². The average molecular weight is 377 g/mol. The van der Waals surface area contributed by atoms with E-state index in [4.69, 9.17) is 16.3 Å². The van der Waals surface area contributed by atoms with E-state index in [-0.39, 0.29) is 5.56 Å². The third-order valence-electron chi connectivity index (χ3n) is 4.10. The molecule has 3 rings (SSSR count). The number of unbranched alkanes of at least 4 members (excludes halogenated alkanes) is 1. The Kier molecular flexibility index (Phi) is 5.76. The van der Waals surface area contributed by atoms with E-state index >= 15 is 0 Å². The van der Waals surface area contributed by atoms with Crippen molar-refractivity contribution in [2.24, 2.45) is 0 Å². The molecule has 0 unspecified atom stereocenters. The molecule has 25 heavy (non-hydrogen) atoms. The summed E-state index contributed by atoms with van der Waals surface area (Å²) in [6, 6.07) is 9.32. The molecule has 1 aromatic carbocycles. The first-order valence-electron chi connectivity index (χ1n) is 8.46. The quantitative estimate of drug-likeness (QED) is 0.554. The van der Waals surface area contributed by atoms with E-state index in [1.165, 1.54) is 4.88 Å². The molecule has 2 aromatic heterocycles. The van der Waals surface area contributed by atoms with Gasteiger partial charge in [0.05, 0.1) is 12.0 Å². The van der Waals surface area contributed by atoms with Gasteiger partial charge < -0.3 is 4.74 Å². The van der Waals surface area contributed by atoms with Crippen LogP contribution in [0.2, 0.25) is 5.02 Å². The van der Waals surface area contributed by atoms with Crippen molar-refractivity contribution in [3.8, 4) is 5.75 Å². The molecule has 0 aliphatic carbocycles. The third-order valence-corrected chi connectivity index (χ3v) is 5.53. The van der Waals surface area contributed by atoms with Gasteiger partial charge in [0.2, 0.25) is 0 Å². The molecule has 6 heteroatoms. The Morgan fingerprint density at radius 1 is 1.24 bits per heavy atom. The molecule has 132 valence electrons. The van der Waals surface area contributed by atoms with E-state index in [2.05, 4.69) is 11.9 Å². The van der Waals surface area contributed by atoms with Crippen LogP contribution in [0, 0.1) is 6.92 Å². The SMILES string of the molecule is CCc1cc2c(=O)n(CCCCOc3ccc(Cl)cc3)c(C)nc2s1. The summed E-state index contributed by atoms with van der Waals surface area (Å²) < 4.78 is 7.46. The van der Waals surface area contributed by atoms with Crippen LogP contribution in [0.4, 0.5) is 0 Å². The Labute approximate surface area is 156 Å². The van der Waals surface area contributed by atoms with E-state index in [1.807, 2.05) is 37.3 Å². The monoisotopic (exact) mass is 376 g/mol. The van der Waals surface area contributed by atoms with Gasteiger partial charge in [0.15, 0.2) is 0 Å². The highest BCUT2D eigenvalue weighted by Crippen LogP contribution is 2.22. The van der Waals surface area contributed by atoms with Crippen molar-refractivity contribution in [2.75, 3.05) is 6.61 Å². The maximum Gasteiger partial charge on any atom is 0.262 e. The molecule has 0 spiro atoms. The summed E-state index contributed by atoms with van der Waals surface area (Å²) in [5.74, 6) is 1.59. The summed E-state index contributed by atoms with van der Waals surface area (Å²) >= 11 is 7.46. The number of aryl methyl sites for hydroxylation is 2. The van der Waals surface area contributed by atoms with Gasteiger partial charge in [0, 0.05) is 16.4 Å². The van der Waals surface area contributed by atoms with Gasteiger partial charge in [0.25, 0.3) is 5.56 Å². The van der Waals surface area contributed by atoms with Crippen LogP contribution in [0.5, 0.6) is 5.75 Å². The molecule has 0 aliphatic heterocycles. The van der Waals surface area contributed by atoms with Crippen LogP contribution < -0.4 is 10.3 Å². The number of thiophene rings is 1. The van der Waals surface area contributed by atoms with E-state index in [0.29, 0.717) is 18.2 Å². The minimum Gasteiger partial charge on any atom is -0.494 e. The number of fused-ring (bicyclic) bond motifs is 1. The van der Waals surface area contributed by atoms with Crippen molar-refractivity contribution in [3.05, 3.63) is 56.4 Å². The lowest BCUT2D eigenvalue weighted by Crippen LogP contribution is -2.23. The summed E-state index contributed by atoms with van der Waals surface area (Å²) in [5, 5.41) is 1.44. The first-order chi connectivity index (χ1) is 12.1. The fraction of sp³-hybridized carbons (Fsp3) is 0.368. The number of hydrogen-bond acceptors (Lipinski definition) is 4. The zero-order valence-electron chi connectivity index (χ0n) is 14.4. The first-order valence-corrected chi connectivity index (χ1v) is 9.66. The summed E-state index contributed by atoms with van der Waals surface area (Å²) in [4.78, 5) is 19.3. The maximum atomic E-state index is 12.7. The summed E-state index contributed by atoms with van der Waals surface area (Å²) in [7, 11) is 0. The Morgan fingerprint density at radius 3 is 2.72 bits per heavy atom. The molecule has 0 saturated heterocycles. The normalized spacial score (nSPS) is 11.2. The van der Waals surface area contributed by atoms with E-state index < -0.39 is 0 Å². The average Bonchev–Trinajstić information content (AvgIpc) is 3.02. The van der Waals surface area contributed by atoms with Crippen LogP contribution in [0.25, 0.3) is 10.2 Å². The molecule has 0 atom stereocenters. The number of aromatic nitrogens is 2. The third kappa shape index (κ3) is 4.22. The number of nitrogens with zero attached hydrogens (tertiary/aromatic N) is 2. The highest BCUT2D eigenvalue weighted by molar-refractivity contribution is 7.18. The second-order valence-corrected chi connectivity index (χ2v) is 7.46. The van der Waals surface area contributed by atoms with Crippen LogP contribution in [-0.2, 0) is 13.0 Å². The van der Waals surface area contributed by atoms with Gasteiger partial charge in [-0.25, -0.2) is 4.98 Å². The lowest BCUT2D eigenvalue weighted by Gasteiger charge is -2.10. The lowest BCUT2D eigenvalue weighted by atomic mass is 10.3. The topological polar surface area (TPSA) is 44.1 Å². The van der Waals surface area contributed by atoms with Crippen molar-refractivity contribution in [1.82, 2.24) is 9.55 Å². The van der Waals surface area contributed by atoms with Crippen molar-refractivity contribution in [1.29, 1.82) is 0 Å². The van der Waals surface area contributed by atoms with E-state index in [0.717, 1.165) is 41.1 Å². The molecule has 0 radical (unpaired) electrons. The van der Waals surface area contributed by atoms with Gasteiger partial charge in [-0.1, -0.05) is 18.5 Å². The summed E-state index contributed by atoms with van der Waals surface area (Å²) in [5.41, 5.74) is 0.0667. The molecule has 0 saturated carbocycles. The fourth-order valence-corrected chi connectivity index (χ4v) is 3.83. The molecule has 0 amide bonds. The van der Waals surface area contributed by atoms with Crippen LogP contribution >= 0.6 is 22.9 Å². The van der Waals surface area contributed by atoms with E-state index in [9.17, 15) is 4.79 Å². The molecular formula is C19H21ClN2O2S. The number of benzene rings is 1. The van der Waals surface area contributed by atoms with Crippen molar-refractivity contribution < 1.29 is 4.74 Å². The highest BCUT2D eigenvalue weighted by atomic mass is 35.5.